The van der Waals surface area contributed by atoms with Gasteiger partial charge in [0.2, 0.25) is 0 Å². The second-order valence-electron chi connectivity index (χ2n) is 6.40. The Morgan fingerprint density at radius 3 is 2.67 bits per heavy atom. The summed E-state index contributed by atoms with van der Waals surface area (Å²) in [5.74, 6) is 1.69. The molecule has 4 nitrogen and oxygen atoms in total. The zero-order valence-corrected chi connectivity index (χ0v) is 18.7. The summed E-state index contributed by atoms with van der Waals surface area (Å²) in [6.45, 7) is 2.16. The quantitative estimate of drug-likeness (QED) is 0.396. The number of thioether (sulfide) groups is 1. The van der Waals surface area contributed by atoms with E-state index in [1.54, 1.807) is 6.07 Å². The number of halogens is 1. The SMILES string of the molecule is O=C1NC(=O)c2ccc(Br)cc2/C1=C/[As]c1ccc(CN2CCSC2)cc1. The number of amides is 2. The molecule has 4 rings (SSSR count). The van der Waals surface area contributed by atoms with Gasteiger partial charge in [0.25, 0.3) is 0 Å². The van der Waals surface area contributed by atoms with Crippen molar-refractivity contribution >= 4 is 65.2 Å². The number of rotatable bonds is 4. The van der Waals surface area contributed by atoms with Gasteiger partial charge in [-0.05, 0) is 0 Å². The number of benzene rings is 2. The van der Waals surface area contributed by atoms with Crippen molar-refractivity contribution in [2.45, 2.75) is 6.54 Å². The van der Waals surface area contributed by atoms with Crippen molar-refractivity contribution in [3.05, 3.63) is 68.5 Å². The van der Waals surface area contributed by atoms with Gasteiger partial charge in [0.15, 0.2) is 0 Å². The number of hydrogen-bond donors (Lipinski definition) is 1. The molecule has 2 aromatic carbocycles. The van der Waals surface area contributed by atoms with E-state index >= 15 is 0 Å². The molecule has 1 saturated heterocycles. The fraction of sp³-hybridized carbons (Fsp3) is 0.200. The molecule has 1 radical (unpaired) electrons. The topological polar surface area (TPSA) is 49.4 Å². The van der Waals surface area contributed by atoms with Crippen molar-refractivity contribution < 1.29 is 9.59 Å². The van der Waals surface area contributed by atoms with Crippen molar-refractivity contribution in [1.82, 2.24) is 10.2 Å². The molecule has 2 aromatic rings. The molecule has 2 aliphatic rings. The molecule has 2 aliphatic heterocycles. The van der Waals surface area contributed by atoms with Crippen LogP contribution in [0.4, 0.5) is 0 Å². The Morgan fingerprint density at radius 1 is 1.11 bits per heavy atom. The number of imide groups is 1. The minimum absolute atomic E-state index is 0.308. The Hall–Kier alpha value is -1.33. The van der Waals surface area contributed by atoms with Gasteiger partial charge in [0.05, 0.1) is 0 Å². The van der Waals surface area contributed by atoms with E-state index in [9.17, 15) is 9.59 Å². The summed E-state index contributed by atoms with van der Waals surface area (Å²) in [5, 5.41) is 2.44. The first-order chi connectivity index (χ1) is 13.1. The van der Waals surface area contributed by atoms with Gasteiger partial charge in [-0.25, -0.2) is 0 Å². The van der Waals surface area contributed by atoms with Crippen LogP contribution in [0.1, 0.15) is 21.5 Å². The third kappa shape index (κ3) is 4.40. The second-order valence-corrected chi connectivity index (χ2v) is 10.6. The Bertz CT molecular complexity index is 924. The van der Waals surface area contributed by atoms with E-state index in [0.717, 1.165) is 23.4 Å². The molecule has 0 aromatic heterocycles. The molecule has 0 spiro atoms. The van der Waals surface area contributed by atoms with Gasteiger partial charge in [-0.3, -0.25) is 0 Å². The maximum absolute atomic E-state index is 12.3. The molecule has 2 heterocycles. The molecule has 0 atom stereocenters. The average molecular weight is 504 g/mol. The molecule has 1 N–H and O–H groups in total. The van der Waals surface area contributed by atoms with E-state index in [0.29, 0.717) is 16.7 Å². The molecule has 7 heteroatoms. The summed E-state index contributed by atoms with van der Waals surface area (Å²) in [4.78, 5) is 28.8. The molecule has 137 valence electrons. The number of nitrogens with one attached hydrogen (secondary N) is 1. The number of nitrogens with zero attached hydrogens (tertiary/aromatic N) is 1. The van der Waals surface area contributed by atoms with Crippen molar-refractivity contribution in [3.8, 4) is 0 Å². The zero-order valence-electron chi connectivity index (χ0n) is 14.4. The van der Waals surface area contributed by atoms with Crippen LogP contribution in [0.25, 0.3) is 5.57 Å². The minimum atomic E-state index is -0.333. The van der Waals surface area contributed by atoms with Gasteiger partial charge in [-0.2, -0.15) is 0 Å². The van der Waals surface area contributed by atoms with Crippen LogP contribution in [-0.2, 0) is 11.3 Å². The summed E-state index contributed by atoms with van der Waals surface area (Å²) in [7, 11) is 0. The van der Waals surface area contributed by atoms with E-state index in [4.69, 9.17) is 0 Å². The molecule has 0 aliphatic carbocycles. The summed E-state index contributed by atoms with van der Waals surface area (Å²) < 4.78 is 2.09. The van der Waals surface area contributed by atoms with Crippen LogP contribution >= 0.6 is 27.7 Å². The number of carbonyl (C=O) groups is 2. The van der Waals surface area contributed by atoms with Crippen LogP contribution in [0.2, 0.25) is 0 Å². The molecule has 0 unspecified atom stereocenters. The molecule has 2 amide bonds. The molecule has 0 saturated carbocycles. The fourth-order valence-corrected chi connectivity index (χ4v) is 6.24. The van der Waals surface area contributed by atoms with Gasteiger partial charge >= 0.3 is 178 Å². The number of hydrogen-bond acceptors (Lipinski definition) is 4. The van der Waals surface area contributed by atoms with E-state index in [1.807, 2.05) is 28.8 Å². The molecular formula is C20H17AsBrN2O2S. The van der Waals surface area contributed by atoms with Gasteiger partial charge in [-0.1, -0.05) is 0 Å². The van der Waals surface area contributed by atoms with E-state index in [2.05, 4.69) is 50.4 Å². The summed E-state index contributed by atoms with van der Waals surface area (Å²) in [6.07, 6.45) is 0. The summed E-state index contributed by atoms with van der Waals surface area (Å²) in [6, 6.07) is 14.1. The standard InChI is InChI=1S/C20H17AsBrN2O2S/c22-15-5-6-16-17(9-15)18(20(26)23-19(16)25)10-21-14-3-1-13(2-4-14)11-24-7-8-27-12-24/h1-6,9-10H,7-8,11-12H2,(H,23,25,26)/b18-10-. The number of fused-ring (bicyclic) bond motifs is 1. The first-order valence-electron chi connectivity index (χ1n) is 8.56. The Balaban J connectivity index is 1.52. The molecule has 1 fully saturated rings. The zero-order chi connectivity index (χ0) is 18.8. The van der Waals surface area contributed by atoms with Crippen molar-refractivity contribution in [1.29, 1.82) is 0 Å². The van der Waals surface area contributed by atoms with Crippen molar-refractivity contribution in [2.24, 2.45) is 0 Å². The maximum atomic E-state index is 12.3. The Morgan fingerprint density at radius 2 is 1.93 bits per heavy atom. The van der Waals surface area contributed by atoms with E-state index < -0.39 is 0 Å². The summed E-state index contributed by atoms with van der Waals surface area (Å²) >= 11 is 5.10. The third-order valence-electron chi connectivity index (χ3n) is 4.50. The normalized spacial score (nSPS) is 19.1. The molecular weight excluding hydrogens is 487 g/mol. The predicted molar refractivity (Wildman–Crippen MR) is 114 cm³/mol. The monoisotopic (exact) mass is 503 g/mol. The average Bonchev–Trinajstić information content (AvgIpc) is 3.15. The van der Waals surface area contributed by atoms with Crippen LogP contribution < -0.4 is 9.67 Å². The Kier molecular flexibility index (Phi) is 5.88. The van der Waals surface area contributed by atoms with Gasteiger partial charge in [0.1, 0.15) is 0 Å². The van der Waals surface area contributed by atoms with Crippen LogP contribution in [-0.4, -0.2) is 50.6 Å². The summed E-state index contributed by atoms with van der Waals surface area (Å²) in [5.41, 5.74) is 3.16. The molecule has 0 bridgehead atoms. The fourth-order valence-electron chi connectivity index (χ4n) is 3.09. The molecule has 27 heavy (non-hydrogen) atoms. The van der Waals surface area contributed by atoms with Crippen molar-refractivity contribution in [3.63, 3.8) is 0 Å². The van der Waals surface area contributed by atoms with Crippen LogP contribution in [0.3, 0.4) is 0 Å². The second kappa shape index (κ2) is 8.36. The van der Waals surface area contributed by atoms with Crippen LogP contribution in [0, 0.1) is 0 Å². The number of carbonyl (C=O) groups excluding carboxylic acids is 2. The van der Waals surface area contributed by atoms with Crippen LogP contribution in [0.5, 0.6) is 0 Å². The first kappa shape index (κ1) is 19.0. The van der Waals surface area contributed by atoms with Gasteiger partial charge in [-0.15, -0.1) is 0 Å². The van der Waals surface area contributed by atoms with E-state index in [1.165, 1.54) is 15.7 Å². The van der Waals surface area contributed by atoms with Gasteiger partial charge < -0.3 is 0 Å². The van der Waals surface area contributed by atoms with Crippen molar-refractivity contribution in [2.75, 3.05) is 18.2 Å². The van der Waals surface area contributed by atoms with E-state index in [-0.39, 0.29) is 27.6 Å². The predicted octanol–water partition coefficient (Wildman–Crippen LogP) is 2.60. The van der Waals surface area contributed by atoms with Crippen LogP contribution in [0.15, 0.2) is 51.8 Å². The Labute approximate surface area is 177 Å². The third-order valence-corrected chi connectivity index (χ3v) is 8.07. The van der Waals surface area contributed by atoms with Gasteiger partial charge in [0, 0.05) is 0 Å². The first-order valence-corrected chi connectivity index (χ1v) is 12.5.